The summed E-state index contributed by atoms with van der Waals surface area (Å²) in [5.41, 5.74) is -0.607. The van der Waals surface area contributed by atoms with Crippen LogP contribution in [0.2, 0.25) is 0 Å². The molecule has 19 heteroatoms. The van der Waals surface area contributed by atoms with Crippen molar-refractivity contribution in [2.75, 3.05) is 13.7 Å². The molecule has 0 spiro atoms. The molecule has 1 aliphatic rings. The number of benzene rings is 2. The zero-order valence-electron chi connectivity index (χ0n) is 29.5. The number of para-hydroxylation sites is 1. The van der Waals surface area contributed by atoms with Gasteiger partial charge in [0.1, 0.15) is 41.5 Å². The van der Waals surface area contributed by atoms with Crippen LogP contribution >= 0.6 is 0 Å². The molecule has 286 valence electrons. The number of aliphatic hydroxyl groups is 1. The molecule has 0 saturated carbocycles. The highest BCUT2D eigenvalue weighted by Crippen LogP contribution is 2.34. The third kappa shape index (κ3) is 13.0. The van der Waals surface area contributed by atoms with Crippen LogP contribution in [-0.2, 0) is 59.7 Å². The third-order valence-corrected chi connectivity index (χ3v) is 7.61. The van der Waals surface area contributed by atoms with Crippen LogP contribution in [0.3, 0.4) is 0 Å². The van der Waals surface area contributed by atoms with Crippen molar-refractivity contribution in [3.63, 3.8) is 0 Å². The molecule has 1 fully saturated rings. The Morgan fingerprint density at radius 1 is 0.962 bits per heavy atom. The second kappa shape index (κ2) is 18.0. The van der Waals surface area contributed by atoms with Crippen LogP contribution in [0.25, 0.3) is 0 Å². The van der Waals surface area contributed by atoms with Gasteiger partial charge in [-0.1, -0.05) is 28.2 Å². The lowest BCUT2D eigenvalue weighted by Gasteiger charge is -2.42. The Hall–Kier alpha value is -5.01. The molecule has 52 heavy (non-hydrogen) atoms. The highest BCUT2D eigenvalue weighted by Gasteiger charge is 2.51. The van der Waals surface area contributed by atoms with Gasteiger partial charge in [-0.15, -0.1) is 4.36 Å². The molecule has 17 nitrogen and oxygen atoms in total. The number of hydrogen-bond acceptors (Lipinski definition) is 15. The van der Waals surface area contributed by atoms with Crippen LogP contribution in [0.5, 0.6) is 11.5 Å². The van der Waals surface area contributed by atoms with Gasteiger partial charge in [-0.3, -0.25) is 19.2 Å². The number of rotatable bonds is 13. The van der Waals surface area contributed by atoms with E-state index in [4.69, 9.17) is 32.6 Å². The summed E-state index contributed by atoms with van der Waals surface area (Å²) in [6.45, 7) is 7.76. The van der Waals surface area contributed by atoms with Crippen molar-refractivity contribution < 1.29 is 69.8 Å². The Morgan fingerprint density at radius 2 is 1.58 bits per heavy atom. The Bertz CT molecular complexity index is 1720. The lowest BCUT2D eigenvalue weighted by molar-refractivity contribution is -0.285. The number of halogens is 1. The minimum atomic E-state index is -4.96. The molecule has 7 atom stereocenters. The van der Waals surface area contributed by atoms with Gasteiger partial charge in [0.15, 0.2) is 18.3 Å². The van der Waals surface area contributed by atoms with Gasteiger partial charge in [-0.2, -0.15) is 4.21 Å². The molecule has 3 N–H and O–H groups in total. The monoisotopic (exact) mass is 755 g/mol. The maximum atomic E-state index is 15.4. The van der Waals surface area contributed by atoms with Gasteiger partial charge in [-0.05, 0) is 50.6 Å². The molecule has 1 saturated heterocycles. The Labute approximate surface area is 300 Å². The number of likely N-dealkylation sites (N-methyl/N-ethyl adjacent to an activating group) is 1. The minimum Gasteiger partial charge on any atom is -0.463 e. The number of ether oxygens (including phenoxy) is 6. The van der Waals surface area contributed by atoms with Crippen LogP contribution in [0, 0.1) is 0 Å². The van der Waals surface area contributed by atoms with Crippen molar-refractivity contribution in [2.24, 2.45) is 4.36 Å². The molecule has 2 aromatic rings. The molecule has 0 radical (unpaired) electrons. The fourth-order valence-electron chi connectivity index (χ4n) is 4.75. The van der Waals surface area contributed by atoms with E-state index in [2.05, 4.69) is 15.0 Å². The molecule has 3 rings (SSSR count). The average molecular weight is 756 g/mol. The number of esters is 3. The van der Waals surface area contributed by atoms with E-state index in [9.17, 15) is 33.3 Å². The molecular formula is C33H42FN3O14S. The summed E-state index contributed by atoms with van der Waals surface area (Å²) in [6.07, 6.45) is -8.55. The van der Waals surface area contributed by atoms with E-state index in [1.54, 1.807) is 20.8 Å². The lowest BCUT2D eigenvalue weighted by atomic mass is 9.98. The molecule has 0 aliphatic carbocycles. The van der Waals surface area contributed by atoms with Crippen LogP contribution in [0.1, 0.15) is 47.1 Å². The number of carbonyl (C=O) groups excluding carboxylic acids is 5. The van der Waals surface area contributed by atoms with Crippen molar-refractivity contribution in [3.05, 3.63) is 54.1 Å². The van der Waals surface area contributed by atoms with Crippen LogP contribution in [0.4, 0.5) is 14.4 Å². The van der Waals surface area contributed by atoms with E-state index in [1.807, 2.05) is 0 Å². The van der Waals surface area contributed by atoms with Crippen molar-refractivity contribution in [1.29, 1.82) is 0 Å². The van der Waals surface area contributed by atoms with E-state index in [-0.39, 0.29) is 23.6 Å². The quantitative estimate of drug-likeness (QED) is 0.152. The number of hydrogen-bond donors (Lipinski definition) is 3. The lowest BCUT2D eigenvalue weighted by Crippen LogP contribution is -2.62. The van der Waals surface area contributed by atoms with E-state index in [0.717, 1.165) is 20.8 Å². The van der Waals surface area contributed by atoms with E-state index in [0.29, 0.717) is 5.56 Å². The molecule has 1 heterocycles. The third-order valence-electron chi connectivity index (χ3n) is 6.80. The van der Waals surface area contributed by atoms with E-state index < -0.39 is 89.3 Å². The largest absolute Gasteiger partial charge is 0.463 e. The molecule has 1 aliphatic heterocycles. The number of carbonyl (C=O) groups is 5. The minimum absolute atomic E-state index is 0.0239. The maximum absolute atomic E-state index is 15.4. The summed E-state index contributed by atoms with van der Waals surface area (Å²) >= 11 is 0. The first-order valence-corrected chi connectivity index (χ1v) is 17.1. The Kier molecular flexibility index (Phi) is 14.3. The summed E-state index contributed by atoms with van der Waals surface area (Å²) in [6, 6.07) is 9.87. The number of amides is 2. The standard InChI is InChI=1S/C33H42FN3O14S/c1-18(38)45-17-26-28(46-19(2)39)29(47-20(3)40)27(41)31(49-26)48-25-11-9-8-10-23(25)37-52(34,44)51-22-14-12-21(13-15-22)16-24(30(42)35-7)36-32(43)50-33(4,5)6/h8-15,24,26-29,31,41H,16-17H2,1-7H3,(H,35,42)(H,36,43)/t24-,26+,27+,28+,29+,31+,52?/m0/s1. The molecule has 2 amide bonds. The van der Waals surface area contributed by atoms with Crippen LogP contribution in [0.15, 0.2) is 52.9 Å². The van der Waals surface area contributed by atoms with Crippen LogP contribution < -0.4 is 19.6 Å². The number of nitrogens with one attached hydrogen (secondary N) is 2. The number of aliphatic hydroxyl groups excluding tert-OH is 1. The normalized spacial score (nSPS) is 21.6. The first-order chi connectivity index (χ1) is 24.3. The Morgan fingerprint density at radius 3 is 2.15 bits per heavy atom. The van der Waals surface area contributed by atoms with Gasteiger partial charge >= 0.3 is 34.4 Å². The highest BCUT2D eigenvalue weighted by atomic mass is 32.3. The predicted octanol–water partition coefficient (Wildman–Crippen LogP) is 2.74. The zero-order valence-corrected chi connectivity index (χ0v) is 30.3. The fourth-order valence-corrected chi connectivity index (χ4v) is 5.52. The highest BCUT2D eigenvalue weighted by molar-refractivity contribution is 7.84. The van der Waals surface area contributed by atoms with Gasteiger partial charge in [0, 0.05) is 34.2 Å². The summed E-state index contributed by atoms with van der Waals surface area (Å²) in [7, 11) is -3.56. The van der Waals surface area contributed by atoms with Crippen molar-refractivity contribution in [3.8, 4) is 11.5 Å². The van der Waals surface area contributed by atoms with Gasteiger partial charge in [0.25, 0.3) is 0 Å². The topological polar surface area (TPSA) is 224 Å². The first-order valence-electron chi connectivity index (χ1n) is 15.8. The van der Waals surface area contributed by atoms with E-state index in [1.165, 1.54) is 55.6 Å². The van der Waals surface area contributed by atoms with Crippen molar-refractivity contribution in [1.82, 2.24) is 10.6 Å². The van der Waals surface area contributed by atoms with Gasteiger partial charge in [-0.25, -0.2) is 4.79 Å². The number of nitrogens with zero attached hydrogens (tertiary/aromatic N) is 1. The second-order valence-electron chi connectivity index (χ2n) is 12.3. The smallest absolute Gasteiger partial charge is 0.408 e. The van der Waals surface area contributed by atoms with Gasteiger partial charge in [0.2, 0.25) is 12.2 Å². The molecule has 2 aromatic carbocycles. The van der Waals surface area contributed by atoms with Crippen LogP contribution in [-0.4, -0.2) is 95.2 Å². The summed E-state index contributed by atoms with van der Waals surface area (Å²) in [5, 5.41) is 16.0. The number of alkyl carbamates (subject to hydrolysis) is 1. The fraction of sp³-hybridized carbons (Fsp3) is 0.485. The molecule has 0 bridgehead atoms. The molecule has 0 aromatic heterocycles. The Balaban J connectivity index is 1.82. The van der Waals surface area contributed by atoms with Gasteiger partial charge < -0.3 is 48.3 Å². The molecule has 1 unspecified atom stereocenters. The van der Waals surface area contributed by atoms with E-state index >= 15 is 3.89 Å². The summed E-state index contributed by atoms with van der Waals surface area (Å²) in [4.78, 5) is 59.9. The predicted molar refractivity (Wildman–Crippen MR) is 179 cm³/mol. The SMILES string of the molecule is CNC(=O)[C@H](Cc1ccc(OS(=O)(F)=Nc2ccccc2O[C@@H]2O[C@H](COC(C)=O)[C@@H](OC(C)=O)[C@H](OC(C)=O)[C@H]2O)cc1)NC(=O)OC(C)(C)C. The summed E-state index contributed by atoms with van der Waals surface area (Å²) < 4.78 is 69.1. The first kappa shape index (κ1) is 41.4. The maximum Gasteiger partial charge on any atom is 0.408 e. The van der Waals surface area contributed by atoms with Crippen molar-refractivity contribution in [2.45, 2.75) is 90.3 Å². The summed E-state index contributed by atoms with van der Waals surface area (Å²) in [5.74, 6) is -3.32. The second-order valence-corrected chi connectivity index (χ2v) is 13.5. The van der Waals surface area contributed by atoms with Crippen molar-refractivity contribution >= 4 is 46.0 Å². The average Bonchev–Trinajstić information content (AvgIpc) is 3.02. The van der Waals surface area contributed by atoms with Gasteiger partial charge in [0.05, 0.1) is 0 Å². The molecular weight excluding hydrogens is 713 g/mol. The zero-order chi connectivity index (χ0) is 38.8.